The molecule has 3 nitrogen and oxygen atoms in total. The average molecular weight is 587 g/mol. The number of carbonyl (C=O) groups is 1. The van der Waals surface area contributed by atoms with Gasteiger partial charge < -0.3 is 0 Å². The second-order valence-electron chi connectivity index (χ2n) is 11.1. The molecule has 3 heteroatoms. The van der Waals surface area contributed by atoms with Gasteiger partial charge >= 0.3 is 0 Å². The Morgan fingerprint density at radius 2 is 0.565 bits per heavy atom. The highest BCUT2D eigenvalue weighted by atomic mass is 16.1. The van der Waals surface area contributed by atoms with E-state index in [9.17, 15) is 15.3 Å². The van der Waals surface area contributed by atoms with E-state index in [1.165, 1.54) is 0 Å². The fourth-order valence-corrected chi connectivity index (χ4v) is 6.07. The number of ketones is 1. The van der Waals surface area contributed by atoms with Crippen LogP contribution in [0.15, 0.2) is 158 Å². The molecule has 0 bridgehead atoms. The zero-order valence-corrected chi connectivity index (χ0v) is 24.8. The Morgan fingerprint density at radius 3 is 0.870 bits per heavy atom. The molecule has 0 unspecified atom stereocenters. The molecule has 1 aliphatic carbocycles. The van der Waals surface area contributed by atoms with Crippen LogP contribution in [-0.4, -0.2) is 5.78 Å². The minimum atomic E-state index is -0.00487. The molecule has 0 heterocycles. The molecule has 0 aromatic heterocycles. The summed E-state index contributed by atoms with van der Waals surface area (Å²) in [6, 6.07) is 55.9. The topological polar surface area (TPSA) is 64.7 Å². The average Bonchev–Trinajstić information content (AvgIpc) is 3.45. The van der Waals surface area contributed by atoms with E-state index in [4.69, 9.17) is 0 Å². The monoisotopic (exact) mass is 586 g/mol. The van der Waals surface area contributed by atoms with Gasteiger partial charge in [0.25, 0.3) is 0 Å². The van der Waals surface area contributed by atoms with Gasteiger partial charge in [0.1, 0.15) is 0 Å². The molecule has 0 atom stereocenters. The Balaban J connectivity index is 1.41. The van der Waals surface area contributed by atoms with Gasteiger partial charge in [0, 0.05) is 22.3 Å². The van der Waals surface area contributed by atoms with Gasteiger partial charge in [0.15, 0.2) is 5.78 Å². The zero-order valence-electron chi connectivity index (χ0n) is 24.8. The van der Waals surface area contributed by atoms with Crippen molar-refractivity contribution in [2.45, 2.75) is 0 Å². The van der Waals surface area contributed by atoms with Crippen molar-refractivity contribution < 1.29 is 4.79 Å². The lowest BCUT2D eigenvalue weighted by atomic mass is 9.88. The number of rotatable bonds is 6. The van der Waals surface area contributed by atoms with Gasteiger partial charge in [-0.1, -0.05) is 133 Å². The number of hydrogen-bond acceptors (Lipinski definition) is 3. The van der Waals surface area contributed by atoms with Crippen LogP contribution in [0.1, 0.15) is 33.4 Å². The number of Topliss-reactive ketones (excluding diaryl/α,β-unsaturated/α-hetero) is 1. The first-order valence-electron chi connectivity index (χ1n) is 15.0. The van der Waals surface area contributed by atoms with Crippen LogP contribution in [0, 0.1) is 22.7 Å². The minimum Gasteiger partial charge on any atom is -0.289 e. The summed E-state index contributed by atoms with van der Waals surface area (Å²) in [6.45, 7) is 0. The number of allylic oxidation sites excluding steroid dienone is 4. The van der Waals surface area contributed by atoms with Crippen LogP contribution in [0.2, 0.25) is 0 Å². The van der Waals surface area contributed by atoms with Gasteiger partial charge in [-0.15, -0.1) is 0 Å². The summed E-state index contributed by atoms with van der Waals surface area (Å²) in [6.07, 6.45) is 0. The van der Waals surface area contributed by atoms with E-state index in [0.29, 0.717) is 22.3 Å². The molecule has 6 aromatic carbocycles. The predicted octanol–water partition coefficient (Wildman–Crippen LogP) is 9.87. The van der Waals surface area contributed by atoms with E-state index in [1.807, 2.05) is 109 Å². The van der Waals surface area contributed by atoms with E-state index < -0.39 is 0 Å². The molecule has 6 aromatic rings. The van der Waals surface area contributed by atoms with Crippen LogP contribution in [0.5, 0.6) is 0 Å². The first kappa shape index (κ1) is 28.2. The molecule has 0 radical (unpaired) electrons. The lowest BCUT2D eigenvalue weighted by Gasteiger charge is -2.15. The van der Waals surface area contributed by atoms with Gasteiger partial charge in [0.2, 0.25) is 0 Å². The van der Waals surface area contributed by atoms with E-state index >= 15 is 0 Å². The maximum absolute atomic E-state index is 14.6. The van der Waals surface area contributed by atoms with Gasteiger partial charge in [-0.3, -0.25) is 4.79 Å². The lowest BCUT2D eigenvalue weighted by Crippen LogP contribution is -2.01. The fourth-order valence-electron chi connectivity index (χ4n) is 6.07. The van der Waals surface area contributed by atoms with Crippen molar-refractivity contribution in [2.75, 3.05) is 0 Å². The normalized spacial score (nSPS) is 12.6. The Hall–Kier alpha value is -6.55. The highest BCUT2D eigenvalue weighted by molar-refractivity contribution is 6.59. The summed E-state index contributed by atoms with van der Waals surface area (Å²) in [5.74, 6) is -0.00487. The summed E-state index contributed by atoms with van der Waals surface area (Å²) in [5.41, 5.74) is 12.1. The van der Waals surface area contributed by atoms with Crippen molar-refractivity contribution in [3.8, 4) is 34.4 Å². The fraction of sp³-hybridized carbons (Fsp3) is 0. The summed E-state index contributed by atoms with van der Waals surface area (Å²) in [7, 11) is 0. The van der Waals surface area contributed by atoms with Crippen molar-refractivity contribution in [2.24, 2.45) is 0 Å². The summed E-state index contributed by atoms with van der Waals surface area (Å²) >= 11 is 0. The number of nitrogens with zero attached hydrogens (tertiary/aromatic N) is 2. The van der Waals surface area contributed by atoms with Crippen LogP contribution in [0.4, 0.5) is 0 Å². The van der Waals surface area contributed by atoms with E-state index in [2.05, 4.69) is 60.7 Å². The molecule has 0 aliphatic heterocycles. The van der Waals surface area contributed by atoms with Crippen molar-refractivity contribution in [1.29, 1.82) is 10.5 Å². The summed E-state index contributed by atoms with van der Waals surface area (Å²) in [4.78, 5) is 14.6. The van der Waals surface area contributed by atoms with E-state index in [0.717, 1.165) is 55.7 Å². The highest BCUT2D eigenvalue weighted by Crippen LogP contribution is 2.50. The number of benzene rings is 6. The second-order valence-corrected chi connectivity index (χ2v) is 11.1. The molecule has 0 saturated heterocycles. The quantitative estimate of drug-likeness (QED) is 0.195. The Labute approximate surface area is 268 Å². The molecule has 0 spiro atoms. The van der Waals surface area contributed by atoms with Gasteiger partial charge in [-0.25, -0.2) is 0 Å². The molecule has 0 saturated carbocycles. The molecule has 46 heavy (non-hydrogen) atoms. The third kappa shape index (κ3) is 5.24. The van der Waals surface area contributed by atoms with Crippen LogP contribution in [0.3, 0.4) is 0 Å². The van der Waals surface area contributed by atoms with Gasteiger partial charge in [-0.05, 0) is 68.8 Å². The van der Waals surface area contributed by atoms with E-state index in [-0.39, 0.29) is 5.78 Å². The SMILES string of the molecule is N#Cc1ccc(-c2ccc(C3=C(c4ccccc4)C(=O)C(c4ccccc4)=C3c3ccc(-c4ccc(C#N)cc4)cc3)cc2)cc1. The smallest absolute Gasteiger partial charge is 0.195 e. The van der Waals surface area contributed by atoms with Crippen LogP contribution >= 0.6 is 0 Å². The van der Waals surface area contributed by atoms with Crippen molar-refractivity contribution in [3.05, 3.63) is 191 Å². The van der Waals surface area contributed by atoms with E-state index in [1.54, 1.807) is 0 Å². The molecule has 7 rings (SSSR count). The molecule has 0 N–H and O–H groups in total. The first-order chi connectivity index (χ1) is 22.6. The van der Waals surface area contributed by atoms with Crippen LogP contribution in [-0.2, 0) is 4.79 Å². The summed E-state index contributed by atoms with van der Waals surface area (Å²) in [5, 5.41) is 18.4. The van der Waals surface area contributed by atoms with Crippen LogP contribution in [0.25, 0.3) is 44.5 Å². The molecule has 1 aliphatic rings. The van der Waals surface area contributed by atoms with Crippen molar-refractivity contribution in [3.63, 3.8) is 0 Å². The number of carbonyl (C=O) groups excluding carboxylic acids is 1. The Morgan fingerprint density at radius 1 is 0.304 bits per heavy atom. The maximum atomic E-state index is 14.6. The third-order valence-corrected chi connectivity index (χ3v) is 8.37. The highest BCUT2D eigenvalue weighted by Gasteiger charge is 2.35. The largest absolute Gasteiger partial charge is 0.289 e. The number of hydrogen-bond donors (Lipinski definition) is 0. The Bertz CT molecular complexity index is 2050. The minimum absolute atomic E-state index is 0.00487. The number of nitriles is 2. The van der Waals surface area contributed by atoms with Crippen LogP contribution < -0.4 is 0 Å². The first-order valence-corrected chi connectivity index (χ1v) is 15.0. The molecular formula is C43H26N2O. The zero-order chi connectivity index (χ0) is 31.5. The van der Waals surface area contributed by atoms with Crippen molar-refractivity contribution >= 4 is 28.1 Å². The maximum Gasteiger partial charge on any atom is 0.195 e. The van der Waals surface area contributed by atoms with Gasteiger partial charge in [-0.2, -0.15) is 10.5 Å². The lowest BCUT2D eigenvalue weighted by molar-refractivity contribution is -0.108. The standard InChI is InChI=1S/C43H26N2O/c44-27-29-11-15-31(16-12-29)33-19-23-37(24-20-33)39-40(38-25-21-34(22-26-38)32-17-13-30(28-45)14-18-32)42(36-9-5-2-6-10-36)43(46)41(39)35-7-3-1-4-8-35/h1-26H. The summed E-state index contributed by atoms with van der Waals surface area (Å²) < 4.78 is 0. The predicted molar refractivity (Wildman–Crippen MR) is 185 cm³/mol. The Kier molecular flexibility index (Phi) is 7.50. The second kappa shape index (κ2) is 12.2. The van der Waals surface area contributed by atoms with Gasteiger partial charge in [0.05, 0.1) is 23.3 Å². The van der Waals surface area contributed by atoms with Crippen molar-refractivity contribution in [1.82, 2.24) is 0 Å². The third-order valence-electron chi connectivity index (χ3n) is 8.37. The molecule has 214 valence electrons. The molecule has 0 fully saturated rings. The molecule has 0 amide bonds. The molecular weight excluding hydrogens is 560 g/mol.